The van der Waals surface area contributed by atoms with Gasteiger partial charge in [-0.25, -0.2) is 4.52 Å². The van der Waals surface area contributed by atoms with Crippen molar-refractivity contribution >= 4 is 28.7 Å². The molecule has 0 aliphatic carbocycles. The fraction of sp³-hybridized carbons (Fsp3) is 0.188. The van der Waals surface area contributed by atoms with Gasteiger partial charge in [0.05, 0.1) is 11.7 Å². The molecule has 5 heteroatoms. The Balaban J connectivity index is 1.95. The lowest BCUT2D eigenvalue weighted by molar-refractivity contribution is 0.596. The molecule has 1 atom stereocenters. The van der Waals surface area contributed by atoms with E-state index < -0.39 is 0 Å². The van der Waals surface area contributed by atoms with Gasteiger partial charge in [-0.2, -0.15) is 5.10 Å². The zero-order valence-electron chi connectivity index (χ0n) is 11.6. The molecule has 0 amide bonds. The summed E-state index contributed by atoms with van der Waals surface area (Å²) in [5.41, 5.74) is 3.32. The molecule has 0 aliphatic heterocycles. The summed E-state index contributed by atoms with van der Waals surface area (Å²) in [6, 6.07) is 11.8. The molecule has 3 aromatic rings. The standard InChI is InChI=1S/C16H15Cl2N3/c1-19-15(8-11-5-6-12(17)9-14(11)18)13-10-20-21-7-3-2-4-16(13)21/h2-7,9-10,15,19H,8H2,1H3. The van der Waals surface area contributed by atoms with E-state index in [2.05, 4.69) is 16.5 Å². The molecule has 0 saturated carbocycles. The second-order valence-electron chi connectivity index (χ2n) is 4.91. The normalized spacial score (nSPS) is 12.7. The van der Waals surface area contributed by atoms with Crippen LogP contribution in [0, 0.1) is 0 Å². The molecule has 0 spiro atoms. The predicted octanol–water partition coefficient (Wildman–Crippen LogP) is 4.14. The van der Waals surface area contributed by atoms with E-state index in [0.29, 0.717) is 10.0 Å². The van der Waals surface area contributed by atoms with Gasteiger partial charge in [0.25, 0.3) is 0 Å². The van der Waals surface area contributed by atoms with Crippen molar-refractivity contribution in [1.82, 2.24) is 14.9 Å². The fourth-order valence-corrected chi connectivity index (χ4v) is 2.98. The van der Waals surface area contributed by atoms with Crippen molar-refractivity contribution in [2.24, 2.45) is 0 Å². The lowest BCUT2D eigenvalue weighted by Gasteiger charge is -2.16. The van der Waals surface area contributed by atoms with Crippen molar-refractivity contribution in [3.63, 3.8) is 0 Å². The zero-order valence-corrected chi connectivity index (χ0v) is 13.1. The number of hydrogen-bond donors (Lipinski definition) is 1. The number of nitrogens with one attached hydrogen (secondary N) is 1. The van der Waals surface area contributed by atoms with E-state index in [1.807, 2.05) is 48.2 Å². The van der Waals surface area contributed by atoms with Crippen LogP contribution in [0.1, 0.15) is 17.2 Å². The quantitative estimate of drug-likeness (QED) is 0.783. The number of pyridine rings is 1. The van der Waals surface area contributed by atoms with Gasteiger partial charge in [-0.15, -0.1) is 0 Å². The van der Waals surface area contributed by atoms with Crippen LogP contribution in [-0.2, 0) is 6.42 Å². The molecule has 1 aromatic carbocycles. The van der Waals surface area contributed by atoms with Gasteiger partial charge in [0.2, 0.25) is 0 Å². The van der Waals surface area contributed by atoms with Crippen LogP contribution in [0.3, 0.4) is 0 Å². The Morgan fingerprint density at radius 2 is 2.10 bits per heavy atom. The first-order valence-corrected chi connectivity index (χ1v) is 7.48. The molecule has 3 rings (SSSR count). The van der Waals surface area contributed by atoms with E-state index in [1.165, 1.54) is 0 Å². The number of likely N-dealkylation sites (N-methyl/N-ethyl adjacent to an activating group) is 1. The van der Waals surface area contributed by atoms with Crippen LogP contribution in [0.15, 0.2) is 48.8 Å². The summed E-state index contributed by atoms with van der Waals surface area (Å²) in [5, 5.41) is 9.08. The summed E-state index contributed by atoms with van der Waals surface area (Å²) < 4.78 is 1.88. The molecular formula is C16H15Cl2N3. The first-order valence-electron chi connectivity index (χ1n) is 6.72. The molecule has 0 bridgehead atoms. The van der Waals surface area contributed by atoms with E-state index >= 15 is 0 Å². The Morgan fingerprint density at radius 3 is 2.86 bits per heavy atom. The Kier molecular flexibility index (Phi) is 4.15. The summed E-state index contributed by atoms with van der Waals surface area (Å²) in [6.07, 6.45) is 4.63. The minimum atomic E-state index is 0.142. The highest BCUT2D eigenvalue weighted by molar-refractivity contribution is 6.35. The number of aromatic nitrogens is 2. The van der Waals surface area contributed by atoms with Crippen molar-refractivity contribution in [2.45, 2.75) is 12.5 Å². The smallest absolute Gasteiger partial charge is 0.0709 e. The Hall–Kier alpha value is -1.55. The van der Waals surface area contributed by atoms with Gasteiger partial charge in [-0.1, -0.05) is 35.3 Å². The number of benzene rings is 1. The van der Waals surface area contributed by atoms with Crippen molar-refractivity contribution in [3.8, 4) is 0 Å². The van der Waals surface area contributed by atoms with Gasteiger partial charge in [0, 0.05) is 27.8 Å². The molecular weight excluding hydrogens is 305 g/mol. The highest BCUT2D eigenvalue weighted by Gasteiger charge is 2.16. The summed E-state index contributed by atoms with van der Waals surface area (Å²) in [4.78, 5) is 0. The van der Waals surface area contributed by atoms with Gasteiger partial charge in [0.1, 0.15) is 0 Å². The Morgan fingerprint density at radius 1 is 1.24 bits per heavy atom. The van der Waals surface area contributed by atoms with Gasteiger partial charge >= 0.3 is 0 Å². The van der Waals surface area contributed by atoms with Crippen molar-refractivity contribution in [3.05, 3.63) is 70.0 Å². The van der Waals surface area contributed by atoms with Crippen molar-refractivity contribution in [2.75, 3.05) is 7.05 Å². The third-order valence-corrected chi connectivity index (χ3v) is 4.21. The van der Waals surface area contributed by atoms with Crippen molar-refractivity contribution < 1.29 is 0 Å². The molecule has 1 unspecified atom stereocenters. The van der Waals surface area contributed by atoms with Crippen molar-refractivity contribution in [1.29, 1.82) is 0 Å². The SMILES string of the molecule is CNC(Cc1ccc(Cl)cc1Cl)c1cnn2ccccc12. The summed E-state index contributed by atoms with van der Waals surface area (Å²) >= 11 is 12.2. The Labute approximate surface area is 133 Å². The first-order chi connectivity index (χ1) is 10.2. The minimum Gasteiger partial charge on any atom is -0.313 e. The van der Waals surface area contributed by atoms with Crippen LogP contribution in [-0.4, -0.2) is 16.7 Å². The topological polar surface area (TPSA) is 29.3 Å². The van der Waals surface area contributed by atoms with E-state index in [0.717, 1.165) is 23.1 Å². The van der Waals surface area contributed by atoms with Crippen LogP contribution in [0.2, 0.25) is 10.0 Å². The third kappa shape index (κ3) is 2.91. The number of hydrogen-bond acceptors (Lipinski definition) is 2. The van der Waals surface area contributed by atoms with Gasteiger partial charge in [0.15, 0.2) is 0 Å². The molecule has 21 heavy (non-hydrogen) atoms. The molecule has 0 saturated heterocycles. The molecule has 3 nitrogen and oxygen atoms in total. The van der Waals surface area contributed by atoms with Crippen LogP contribution in [0.4, 0.5) is 0 Å². The second kappa shape index (κ2) is 6.06. The monoisotopic (exact) mass is 319 g/mol. The average Bonchev–Trinajstić information content (AvgIpc) is 2.91. The fourth-order valence-electron chi connectivity index (χ4n) is 2.50. The molecule has 0 fully saturated rings. The number of halogens is 2. The van der Waals surface area contributed by atoms with Crippen LogP contribution >= 0.6 is 23.2 Å². The van der Waals surface area contributed by atoms with Gasteiger partial charge < -0.3 is 5.32 Å². The van der Waals surface area contributed by atoms with Crippen LogP contribution in [0.5, 0.6) is 0 Å². The van der Waals surface area contributed by atoms with E-state index in [-0.39, 0.29) is 6.04 Å². The van der Waals surface area contributed by atoms with Crippen LogP contribution < -0.4 is 5.32 Å². The summed E-state index contributed by atoms with van der Waals surface area (Å²) in [5.74, 6) is 0. The number of fused-ring (bicyclic) bond motifs is 1. The largest absolute Gasteiger partial charge is 0.313 e. The molecule has 2 aromatic heterocycles. The predicted molar refractivity (Wildman–Crippen MR) is 87.2 cm³/mol. The highest BCUT2D eigenvalue weighted by Crippen LogP contribution is 2.27. The molecule has 108 valence electrons. The van der Waals surface area contributed by atoms with E-state index in [1.54, 1.807) is 6.07 Å². The minimum absolute atomic E-state index is 0.142. The summed E-state index contributed by atoms with van der Waals surface area (Å²) in [7, 11) is 1.95. The zero-order chi connectivity index (χ0) is 14.8. The van der Waals surface area contributed by atoms with E-state index in [9.17, 15) is 0 Å². The van der Waals surface area contributed by atoms with Crippen LogP contribution in [0.25, 0.3) is 5.52 Å². The maximum absolute atomic E-state index is 6.28. The highest BCUT2D eigenvalue weighted by atomic mass is 35.5. The lowest BCUT2D eigenvalue weighted by Crippen LogP contribution is -2.18. The number of rotatable bonds is 4. The third-order valence-electron chi connectivity index (χ3n) is 3.62. The van der Waals surface area contributed by atoms with E-state index in [4.69, 9.17) is 23.2 Å². The molecule has 1 N–H and O–H groups in total. The maximum atomic E-state index is 6.28. The number of nitrogens with zero attached hydrogens (tertiary/aromatic N) is 2. The van der Waals surface area contributed by atoms with Gasteiger partial charge in [-0.05, 0) is 43.3 Å². The first kappa shape index (κ1) is 14.4. The average molecular weight is 320 g/mol. The second-order valence-corrected chi connectivity index (χ2v) is 5.76. The summed E-state index contributed by atoms with van der Waals surface area (Å²) in [6.45, 7) is 0. The lowest BCUT2D eigenvalue weighted by atomic mass is 10.00. The molecule has 0 aliphatic rings. The van der Waals surface area contributed by atoms with Gasteiger partial charge in [-0.3, -0.25) is 0 Å². The maximum Gasteiger partial charge on any atom is 0.0709 e. The molecule has 0 radical (unpaired) electrons. The molecule has 2 heterocycles. The Bertz CT molecular complexity index is 767.